The van der Waals surface area contributed by atoms with Gasteiger partial charge in [0.05, 0.1) is 11.9 Å². The maximum atomic E-state index is 10.3. The van der Waals surface area contributed by atoms with Crippen molar-refractivity contribution in [3.63, 3.8) is 0 Å². The van der Waals surface area contributed by atoms with Gasteiger partial charge in [0.15, 0.2) is 0 Å². The standard InChI is InChI=1S/C11H14O2/c1-7-5-8(6-13-7)11(12)9-3-2-4-10(9)11/h5-6,9-10,12H,2-4H2,1H3. The zero-order chi connectivity index (χ0) is 9.05. The van der Waals surface area contributed by atoms with Gasteiger partial charge in [0, 0.05) is 5.56 Å². The van der Waals surface area contributed by atoms with Gasteiger partial charge in [-0.2, -0.15) is 0 Å². The molecule has 1 heterocycles. The van der Waals surface area contributed by atoms with E-state index in [1.807, 2.05) is 13.0 Å². The summed E-state index contributed by atoms with van der Waals surface area (Å²) in [4.78, 5) is 0. The number of aryl methyl sites for hydroxylation is 1. The molecule has 0 spiro atoms. The number of hydrogen-bond donors (Lipinski definition) is 1. The van der Waals surface area contributed by atoms with Crippen LogP contribution in [0.1, 0.15) is 30.6 Å². The molecule has 2 aliphatic rings. The molecule has 2 unspecified atom stereocenters. The summed E-state index contributed by atoms with van der Waals surface area (Å²) >= 11 is 0. The largest absolute Gasteiger partial charge is 0.469 e. The first-order valence-electron chi connectivity index (χ1n) is 5.01. The first-order chi connectivity index (χ1) is 6.23. The summed E-state index contributed by atoms with van der Waals surface area (Å²) < 4.78 is 5.24. The molecule has 0 saturated heterocycles. The second kappa shape index (κ2) is 2.18. The van der Waals surface area contributed by atoms with Crippen LogP contribution in [-0.2, 0) is 5.60 Å². The molecule has 0 bridgehead atoms. The van der Waals surface area contributed by atoms with E-state index in [-0.39, 0.29) is 0 Å². The molecule has 2 fully saturated rings. The smallest absolute Gasteiger partial charge is 0.101 e. The Labute approximate surface area is 77.6 Å². The van der Waals surface area contributed by atoms with Crippen molar-refractivity contribution in [2.45, 2.75) is 31.8 Å². The van der Waals surface area contributed by atoms with Crippen LogP contribution in [-0.4, -0.2) is 5.11 Å². The van der Waals surface area contributed by atoms with E-state index in [1.165, 1.54) is 19.3 Å². The Hall–Kier alpha value is -0.760. The fourth-order valence-corrected chi connectivity index (χ4v) is 3.00. The van der Waals surface area contributed by atoms with E-state index >= 15 is 0 Å². The Morgan fingerprint density at radius 3 is 2.69 bits per heavy atom. The monoisotopic (exact) mass is 178 g/mol. The molecule has 13 heavy (non-hydrogen) atoms. The molecule has 2 heteroatoms. The third kappa shape index (κ3) is 0.819. The van der Waals surface area contributed by atoms with Gasteiger partial charge in [-0.3, -0.25) is 0 Å². The molecule has 2 nitrogen and oxygen atoms in total. The zero-order valence-electron chi connectivity index (χ0n) is 7.79. The lowest BCUT2D eigenvalue weighted by atomic mass is 10.0. The minimum Gasteiger partial charge on any atom is -0.469 e. The lowest BCUT2D eigenvalue weighted by molar-refractivity contribution is 0.105. The van der Waals surface area contributed by atoms with Crippen LogP contribution in [0.15, 0.2) is 16.7 Å². The van der Waals surface area contributed by atoms with Gasteiger partial charge in [0.1, 0.15) is 5.76 Å². The van der Waals surface area contributed by atoms with E-state index < -0.39 is 5.60 Å². The zero-order valence-corrected chi connectivity index (χ0v) is 7.79. The Morgan fingerprint density at radius 1 is 1.46 bits per heavy atom. The molecule has 0 radical (unpaired) electrons. The Balaban J connectivity index is 1.95. The maximum Gasteiger partial charge on any atom is 0.101 e. The van der Waals surface area contributed by atoms with Crippen LogP contribution in [0.2, 0.25) is 0 Å². The molecule has 2 saturated carbocycles. The summed E-state index contributed by atoms with van der Waals surface area (Å²) in [5.41, 5.74) is 0.482. The molecule has 70 valence electrons. The van der Waals surface area contributed by atoms with Gasteiger partial charge in [-0.15, -0.1) is 0 Å². The fraction of sp³-hybridized carbons (Fsp3) is 0.636. The van der Waals surface area contributed by atoms with E-state index in [2.05, 4.69) is 0 Å². The molecule has 3 rings (SSSR count). The Bertz CT molecular complexity index is 330. The van der Waals surface area contributed by atoms with Crippen molar-refractivity contribution in [1.29, 1.82) is 0 Å². The Kier molecular flexibility index (Phi) is 1.28. The van der Waals surface area contributed by atoms with Crippen molar-refractivity contribution in [2.75, 3.05) is 0 Å². The number of aliphatic hydroxyl groups is 1. The number of hydrogen-bond acceptors (Lipinski definition) is 2. The highest BCUT2D eigenvalue weighted by Gasteiger charge is 2.66. The molecule has 2 atom stereocenters. The summed E-state index contributed by atoms with van der Waals surface area (Å²) in [6.45, 7) is 1.92. The first-order valence-corrected chi connectivity index (χ1v) is 5.01. The van der Waals surface area contributed by atoms with Crippen LogP contribution < -0.4 is 0 Å². The maximum absolute atomic E-state index is 10.3. The fourth-order valence-electron chi connectivity index (χ4n) is 3.00. The van der Waals surface area contributed by atoms with Crippen LogP contribution in [0.4, 0.5) is 0 Å². The highest BCUT2D eigenvalue weighted by Crippen LogP contribution is 2.66. The van der Waals surface area contributed by atoms with E-state index in [0.717, 1.165) is 11.3 Å². The van der Waals surface area contributed by atoms with Crippen LogP contribution in [0, 0.1) is 18.8 Å². The Morgan fingerprint density at radius 2 is 2.15 bits per heavy atom. The molecular weight excluding hydrogens is 164 g/mol. The molecule has 0 aliphatic heterocycles. The SMILES string of the molecule is Cc1cc(C2(O)C3CCCC32)co1. The average molecular weight is 178 g/mol. The third-order valence-electron chi connectivity index (χ3n) is 3.73. The third-order valence-corrected chi connectivity index (χ3v) is 3.73. The van der Waals surface area contributed by atoms with Crippen LogP contribution in [0.3, 0.4) is 0 Å². The van der Waals surface area contributed by atoms with Crippen molar-refractivity contribution >= 4 is 0 Å². The summed E-state index contributed by atoms with van der Waals surface area (Å²) in [5.74, 6) is 1.93. The van der Waals surface area contributed by atoms with Crippen LogP contribution in [0.5, 0.6) is 0 Å². The lowest BCUT2D eigenvalue weighted by Gasteiger charge is -2.10. The summed E-state index contributed by atoms with van der Waals surface area (Å²) in [5, 5.41) is 10.3. The first kappa shape index (κ1) is 7.63. The van der Waals surface area contributed by atoms with Gasteiger partial charge < -0.3 is 9.52 Å². The second-order valence-electron chi connectivity index (χ2n) is 4.42. The molecule has 0 aromatic carbocycles. The predicted octanol–water partition coefficient (Wildman–Crippen LogP) is 2.21. The molecule has 1 N–H and O–H groups in total. The van der Waals surface area contributed by atoms with Gasteiger partial charge in [-0.1, -0.05) is 6.42 Å². The van der Waals surface area contributed by atoms with E-state index in [9.17, 15) is 5.11 Å². The lowest BCUT2D eigenvalue weighted by Crippen LogP contribution is -2.11. The van der Waals surface area contributed by atoms with Gasteiger partial charge >= 0.3 is 0 Å². The second-order valence-corrected chi connectivity index (χ2v) is 4.42. The summed E-state index contributed by atoms with van der Waals surface area (Å²) in [6.07, 6.45) is 5.37. The van der Waals surface area contributed by atoms with Crippen molar-refractivity contribution < 1.29 is 9.52 Å². The molecule has 1 aromatic rings. The molecule has 0 amide bonds. The van der Waals surface area contributed by atoms with Gasteiger partial charge in [0.2, 0.25) is 0 Å². The van der Waals surface area contributed by atoms with Crippen molar-refractivity contribution in [3.8, 4) is 0 Å². The number of furan rings is 1. The van der Waals surface area contributed by atoms with Crippen molar-refractivity contribution in [1.82, 2.24) is 0 Å². The minimum absolute atomic E-state index is 0.518. The molecule has 2 aliphatic carbocycles. The van der Waals surface area contributed by atoms with Crippen molar-refractivity contribution in [2.24, 2.45) is 11.8 Å². The van der Waals surface area contributed by atoms with E-state index in [1.54, 1.807) is 6.26 Å². The average Bonchev–Trinajstić information content (AvgIpc) is 2.61. The van der Waals surface area contributed by atoms with Crippen LogP contribution >= 0.6 is 0 Å². The van der Waals surface area contributed by atoms with Crippen molar-refractivity contribution in [3.05, 3.63) is 23.7 Å². The normalized spacial score (nSPS) is 42.0. The van der Waals surface area contributed by atoms with Gasteiger partial charge in [-0.05, 0) is 37.7 Å². The van der Waals surface area contributed by atoms with Gasteiger partial charge in [-0.25, -0.2) is 0 Å². The topological polar surface area (TPSA) is 33.4 Å². The number of rotatable bonds is 1. The predicted molar refractivity (Wildman–Crippen MR) is 48.2 cm³/mol. The highest BCUT2D eigenvalue weighted by molar-refractivity contribution is 5.32. The molecular formula is C11H14O2. The highest BCUT2D eigenvalue weighted by atomic mass is 16.3. The molecule has 1 aromatic heterocycles. The minimum atomic E-state index is -0.518. The van der Waals surface area contributed by atoms with Crippen LogP contribution in [0.25, 0.3) is 0 Å². The van der Waals surface area contributed by atoms with E-state index in [4.69, 9.17) is 4.42 Å². The quantitative estimate of drug-likeness (QED) is 0.715. The summed E-state index contributed by atoms with van der Waals surface area (Å²) in [7, 11) is 0. The number of fused-ring (bicyclic) bond motifs is 1. The van der Waals surface area contributed by atoms with E-state index in [0.29, 0.717) is 11.8 Å². The van der Waals surface area contributed by atoms with Gasteiger partial charge in [0.25, 0.3) is 0 Å². The summed E-state index contributed by atoms with van der Waals surface area (Å²) in [6, 6.07) is 1.97.